The molecule has 6 aliphatic rings. The molecule has 0 spiro atoms. The summed E-state index contributed by atoms with van der Waals surface area (Å²) in [6.45, 7) is 16.8. The molecule has 4 saturated carbocycles. The van der Waals surface area contributed by atoms with Crippen LogP contribution in [0.1, 0.15) is 126 Å². The van der Waals surface area contributed by atoms with Crippen LogP contribution in [0.25, 0.3) is 0 Å². The molecule has 0 bridgehead atoms. The van der Waals surface area contributed by atoms with Crippen LogP contribution in [0.15, 0.2) is 23.3 Å². The predicted molar refractivity (Wildman–Crippen MR) is 176 cm³/mol. The third kappa shape index (κ3) is 4.60. The van der Waals surface area contributed by atoms with Crippen LogP contribution >= 0.6 is 0 Å². The van der Waals surface area contributed by atoms with Crippen molar-refractivity contribution in [2.45, 2.75) is 131 Å². The molecule has 6 rings (SSSR count). The lowest BCUT2D eigenvalue weighted by molar-refractivity contribution is -0.223. The number of nitrogens with one attached hydrogen (secondary N) is 1. The summed E-state index contributed by atoms with van der Waals surface area (Å²) < 4.78 is 13.9. The van der Waals surface area contributed by atoms with Crippen LogP contribution in [0, 0.1) is 62.6 Å². The van der Waals surface area contributed by atoms with Gasteiger partial charge in [-0.2, -0.15) is 0 Å². The van der Waals surface area contributed by atoms with Crippen molar-refractivity contribution in [2.75, 3.05) is 13.2 Å². The molecule has 0 saturated heterocycles. The molecule has 3 N–H and O–H groups in total. The Balaban J connectivity index is 1.32. The maximum atomic E-state index is 13.9. The summed E-state index contributed by atoms with van der Waals surface area (Å²) in [5, 5.41) is 23.1. The van der Waals surface area contributed by atoms with E-state index in [9.17, 15) is 24.2 Å². The summed E-state index contributed by atoms with van der Waals surface area (Å²) in [6, 6.07) is 0. The summed E-state index contributed by atoms with van der Waals surface area (Å²) in [4.78, 5) is 23.6. The van der Waals surface area contributed by atoms with Gasteiger partial charge in [0.25, 0.3) is 0 Å². The van der Waals surface area contributed by atoms with E-state index in [4.69, 9.17) is 0 Å². The number of carboxylic acid groups (broad SMARTS) is 2. The minimum Gasteiger partial charge on any atom is -0.481 e. The number of alkyl halides is 1. The molecular weight excluding hydrogens is 565 g/mol. The van der Waals surface area contributed by atoms with E-state index in [1.807, 2.05) is 0 Å². The molecule has 0 aromatic carbocycles. The van der Waals surface area contributed by atoms with Gasteiger partial charge >= 0.3 is 11.9 Å². The largest absolute Gasteiger partial charge is 0.481 e. The highest BCUT2D eigenvalue weighted by molar-refractivity contribution is 5.75. The van der Waals surface area contributed by atoms with E-state index in [0.29, 0.717) is 48.3 Å². The summed E-state index contributed by atoms with van der Waals surface area (Å²) in [7, 11) is 0. The van der Waals surface area contributed by atoms with Gasteiger partial charge < -0.3 is 15.5 Å². The average Bonchev–Trinajstić information content (AvgIpc) is 3.37. The van der Waals surface area contributed by atoms with E-state index in [-0.39, 0.29) is 40.2 Å². The summed E-state index contributed by atoms with van der Waals surface area (Å²) in [6.07, 6.45) is 16.4. The van der Waals surface area contributed by atoms with Gasteiger partial charge in [0.15, 0.2) is 0 Å². The Morgan fingerprint density at radius 1 is 0.889 bits per heavy atom. The maximum absolute atomic E-state index is 13.9. The number of carbonyl (C=O) groups is 2. The topological polar surface area (TPSA) is 86.6 Å². The van der Waals surface area contributed by atoms with Gasteiger partial charge in [-0.05, 0) is 145 Å². The van der Waals surface area contributed by atoms with Gasteiger partial charge in [-0.1, -0.05) is 60.6 Å². The van der Waals surface area contributed by atoms with Crippen LogP contribution in [0.2, 0.25) is 0 Å². The monoisotopic (exact) mass is 625 g/mol. The second kappa shape index (κ2) is 10.9. The highest BCUT2D eigenvalue weighted by atomic mass is 19.1. The SMILES string of the molecule is CC(C)[C@@H]1CC[C@]2(NCC(=O)O)CC[C@]3(C)[C@H](CC[C@@H]4[C@@]5(C)CC=C(C6=CC[C@](CF)(C(=O)O)CC6)C(C)(C)[C@@H]5CC[C@]43C)[C@@H]12. The highest BCUT2D eigenvalue weighted by Crippen LogP contribution is 2.76. The van der Waals surface area contributed by atoms with Crippen LogP contribution in [0.5, 0.6) is 0 Å². The lowest BCUT2D eigenvalue weighted by Gasteiger charge is -2.72. The maximum Gasteiger partial charge on any atom is 0.317 e. The normalized spacial score (nSPS) is 47.1. The first-order valence-corrected chi connectivity index (χ1v) is 18.2. The van der Waals surface area contributed by atoms with E-state index in [2.05, 4.69) is 65.9 Å². The second-order valence-corrected chi connectivity index (χ2v) is 18.2. The van der Waals surface area contributed by atoms with Gasteiger partial charge in [0, 0.05) is 5.54 Å². The van der Waals surface area contributed by atoms with E-state index >= 15 is 0 Å². The van der Waals surface area contributed by atoms with Crippen LogP contribution in [-0.4, -0.2) is 40.9 Å². The van der Waals surface area contributed by atoms with Crippen molar-refractivity contribution in [1.82, 2.24) is 5.32 Å². The van der Waals surface area contributed by atoms with Crippen molar-refractivity contribution in [2.24, 2.45) is 62.6 Å². The molecule has 5 nitrogen and oxygen atoms in total. The van der Waals surface area contributed by atoms with Crippen LogP contribution in [0.4, 0.5) is 4.39 Å². The number of fused-ring (bicyclic) bond motifs is 7. The molecule has 0 heterocycles. The van der Waals surface area contributed by atoms with E-state index in [0.717, 1.165) is 19.3 Å². The Bertz CT molecular complexity index is 1290. The Hall–Kier alpha value is -1.69. The fraction of sp³-hybridized carbons (Fsp3) is 0.846. The Morgan fingerprint density at radius 3 is 2.22 bits per heavy atom. The average molecular weight is 626 g/mol. The van der Waals surface area contributed by atoms with Crippen molar-refractivity contribution < 1.29 is 24.2 Å². The quantitative estimate of drug-likeness (QED) is 0.263. The number of halogens is 1. The van der Waals surface area contributed by atoms with Crippen LogP contribution < -0.4 is 5.32 Å². The zero-order valence-electron chi connectivity index (χ0n) is 29.1. The molecule has 6 aliphatic carbocycles. The minimum absolute atomic E-state index is 0.0203. The molecule has 0 radical (unpaired) electrons. The summed E-state index contributed by atoms with van der Waals surface area (Å²) in [5.41, 5.74) is 1.99. The molecular formula is C39H60FNO4. The van der Waals surface area contributed by atoms with Crippen molar-refractivity contribution in [3.8, 4) is 0 Å². The van der Waals surface area contributed by atoms with Crippen LogP contribution in [-0.2, 0) is 9.59 Å². The van der Waals surface area contributed by atoms with Gasteiger partial charge in [-0.3, -0.25) is 9.59 Å². The number of hydrogen-bond donors (Lipinski definition) is 3. The molecule has 0 aliphatic heterocycles. The molecule has 45 heavy (non-hydrogen) atoms. The van der Waals surface area contributed by atoms with Gasteiger partial charge in [0.05, 0.1) is 12.0 Å². The van der Waals surface area contributed by atoms with Crippen molar-refractivity contribution >= 4 is 11.9 Å². The number of carboxylic acids is 2. The Morgan fingerprint density at radius 2 is 1.62 bits per heavy atom. The summed E-state index contributed by atoms with van der Waals surface area (Å²) in [5.74, 6) is 1.83. The molecule has 4 fully saturated rings. The van der Waals surface area contributed by atoms with Gasteiger partial charge in [-0.25, -0.2) is 4.39 Å². The number of rotatable bonds is 7. The van der Waals surface area contributed by atoms with E-state index in [1.54, 1.807) is 0 Å². The Kier molecular flexibility index (Phi) is 8.06. The molecule has 10 atom stereocenters. The predicted octanol–water partition coefficient (Wildman–Crippen LogP) is 8.84. The lowest BCUT2D eigenvalue weighted by Crippen LogP contribution is -2.68. The van der Waals surface area contributed by atoms with Gasteiger partial charge in [-0.15, -0.1) is 0 Å². The third-order valence-corrected chi connectivity index (χ3v) is 16.2. The number of allylic oxidation sites excluding steroid dienone is 4. The first-order valence-electron chi connectivity index (χ1n) is 18.2. The van der Waals surface area contributed by atoms with E-state index < -0.39 is 24.0 Å². The van der Waals surface area contributed by atoms with Crippen molar-refractivity contribution in [3.05, 3.63) is 23.3 Å². The highest BCUT2D eigenvalue weighted by Gasteiger charge is 2.70. The fourth-order valence-electron chi connectivity index (χ4n) is 13.6. The number of aliphatic carboxylic acids is 2. The van der Waals surface area contributed by atoms with Crippen molar-refractivity contribution in [3.63, 3.8) is 0 Å². The zero-order valence-corrected chi connectivity index (χ0v) is 29.1. The lowest BCUT2D eigenvalue weighted by atomic mass is 9.32. The molecule has 0 aromatic heterocycles. The second-order valence-electron chi connectivity index (χ2n) is 18.2. The third-order valence-electron chi connectivity index (χ3n) is 16.2. The van der Waals surface area contributed by atoms with Crippen molar-refractivity contribution in [1.29, 1.82) is 0 Å². The smallest absolute Gasteiger partial charge is 0.317 e. The van der Waals surface area contributed by atoms with Gasteiger partial charge in [0.2, 0.25) is 0 Å². The van der Waals surface area contributed by atoms with Gasteiger partial charge in [0.1, 0.15) is 6.67 Å². The van der Waals surface area contributed by atoms with E-state index in [1.165, 1.54) is 49.7 Å². The van der Waals surface area contributed by atoms with Crippen LogP contribution in [0.3, 0.4) is 0 Å². The molecule has 0 unspecified atom stereocenters. The summed E-state index contributed by atoms with van der Waals surface area (Å²) >= 11 is 0. The fourth-order valence-corrected chi connectivity index (χ4v) is 13.6. The first kappa shape index (κ1) is 33.2. The molecule has 0 aromatic rings. The molecule has 6 heteroatoms. The minimum atomic E-state index is -1.26. The Labute approximate surface area is 271 Å². The molecule has 252 valence electrons. The number of hydrogen-bond acceptors (Lipinski definition) is 3. The zero-order chi connectivity index (χ0) is 32.8. The standard InChI is InChI=1S/C39H60FNO4/c1-24(2)26-12-19-39(41-22-31(42)43)21-20-36(6)28(32(26)39)8-9-30-35(5)15-13-27(34(3,4)29(35)14-16-37(30,36)7)25-10-17-38(23-40,18-11-25)33(44)45/h10,13,24,26,28-30,32,41H,8-9,11-12,14-23H2,1-7H3,(H,42,43)(H,44,45)/t26-,28+,29-,30+,32+,35-,36+,37+,38-,39-/m0/s1. The first-order chi connectivity index (χ1) is 21.0. The molecule has 0 amide bonds.